The molecular formula is C7H13N5O. The number of aromatic amines is 1. The molecular weight excluding hydrogens is 170 g/mol. The molecule has 0 bridgehead atoms. The second kappa shape index (κ2) is 3.99. The molecule has 13 heavy (non-hydrogen) atoms. The summed E-state index contributed by atoms with van der Waals surface area (Å²) >= 11 is 0. The van der Waals surface area contributed by atoms with Crippen molar-refractivity contribution in [2.24, 2.45) is 5.73 Å². The molecule has 0 aromatic carbocycles. The Labute approximate surface area is 76.1 Å². The molecule has 1 atom stereocenters. The molecule has 3 N–H and O–H groups in total. The molecule has 1 unspecified atom stereocenters. The van der Waals surface area contributed by atoms with Crippen molar-refractivity contribution in [2.75, 3.05) is 13.6 Å². The third-order valence-electron chi connectivity index (χ3n) is 1.96. The number of nitrogens with one attached hydrogen (secondary N) is 1. The van der Waals surface area contributed by atoms with Crippen molar-refractivity contribution >= 4 is 5.91 Å². The maximum atomic E-state index is 11.6. The molecule has 1 rings (SSSR count). The van der Waals surface area contributed by atoms with Crippen LogP contribution in [0.5, 0.6) is 0 Å². The average Bonchev–Trinajstić information content (AvgIpc) is 2.67. The molecule has 0 aliphatic carbocycles. The lowest BCUT2D eigenvalue weighted by Gasteiger charge is -2.22. The van der Waals surface area contributed by atoms with E-state index in [9.17, 15) is 4.79 Å². The van der Waals surface area contributed by atoms with Gasteiger partial charge in [-0.3, -0.25) is 4.79 Å². The molecule has 0 aliphatic heterocycles. The van der Waals surface area contributed by atoms with E-state index >= 15 is 0 Å². The molecule has 0 spiro atoms. The normalized spacial score (nSPS) is 12.5. The van der Waals surface area contributed by atoms with Crippen LogP contribution in [0.4, 0.5) is 0 Å². The molecule has 72 valence electrons. The summed E-state index contributed by atoms with van der Waals surface area (Å²) in [5.74, 6) is -0.174. The molecule has 6 heteroatoms. The molecule has 1 aromatic heterocycles. The van der Waals surface area contributed by atoms with Crippen LogP contribution in [0.25, 0.3) is 0 Å². The maximum Gasteiger partial charge on any atom is 0.276 e. The zero-order chi connectivity index (χ0) is 9.84. The van der Waals surface area contributed by atoms with E-state index in [-0.39, 0.29) is 11.9 Å². The van der Waals surface area contributed by atoms with Crippen molar-refractivity contribution in [3.63, 3.8) is 0 Å². The molecule has 0 aliphatic rings. The third-order valence-corrected chi connectivity index (χ3v) is 1.96. The van der Waals surface area contributed by atoms with Gasteiger partial charge in [0, 0.05) is 19.6 Å². The summed E-state index contributed by atoms with van der Waals surface area (Å²) in [6.07, 6.45) is 1.39. The van der Waals surface area contributed by atoms with Crippen molar-refractivity contribution < 1.29 is 4.79 Å². The monoisotopic (exact) mass is 183 g/mol. The van der Waals surface area contributed by atoms with E-state index in [4.69, 9.17) is 5.73 Å². The molecule has 0 saturated heterocycles. The van der Waals surface area contributed by atoms with Gasteiger partial charge in [-0.25, -0.2) is 0 Å². The van der Waals surface area contributed by atoms with Crippen molar-refractivity contribution in [1.82, 2.24) is 20.3 Å². The highest BCUT2D eigenvalue weighted by atomic mass is 16.2. The smallest absolute Gasteiger partial charge is 0.276 e. The fourth-order valence-corrected chi connectivity index (χ4v) is 0.844. The Morgan fingerprint density at radius 3 is 3.00 bits per heavy atom. The van der Waals surface area contributed by atoms with Crippen LogP contribution in [0.3, 0.4) is 0 Å². The first-order valence-electron chi connectivity index (χ1n) is 3.99. The lowest BCUT2D eigenvalue weighted by atomic mass is 10.3. The summed E-state index contributed by atoms with van der Waals surface area (Å²) in [5.41, 5.74) is 5.73. The number of amides is 1. The Morgan fingerprint density at radius 2 is 2.54 bits per heavy atom. The van der Waals surface area contributed by atoms with Crippen LogP contribution in [-0.4, -0.2) is 45.9 Å². The number of nitrogens with two attached hydrogens (primary N) is 1. The quantitative estimate of drug-likeness (QED) is 0.643. The second-order valence-corrected chi connectivity index (χ2v) is 2.86. The van der Waals surface area contributed by atoms with Gasteiger partial charge in [-0.2, -0.15) is 15.4 Å². The average molecular weight is 183 g/mol. The first-order chi connectivity index (χ1) is 6.16. The van der Waals surface area contributed by atoms with Gasteiger partial charge in [-0.15, -0.1) is 0 Å². The maximum absolute atomic E-state index is 11.6. The number of carbonyl (C=O) groups excluding carboxylic acids is 1. The number of H-pyrrole nitrogens is 1. The van der Waals surface area contributed by atoms with Crippen LogP contribution in [0.2, 0.25) is 0 Å². The van der Waals surface area contributed by atoms with E-state index in [0.29, 0.717) is 12.2 Å². The minimum absolute atomic E-state index is 0.00389. The van der Waals surface area contributed by atoms with Gasteiger partial charge in [0.25, 0.3) is 5.91 Å². The third kappa shape index (κ3) is 2.03. The van der Waals surface area contributed by atoms with Gasteiger partial charge < -0.3 is 10.6 Å². The Hall–Kier alpha value is -1.43. The topological polar surface area (TPSA) is 87.9 Å². The fourth-order valence-electron chi connectivity index (χ4n) is 0.844. The predicted octanol–water partition coefficient (Wildman–Crippen LogP) is -0.776. The Balaban J connectivity index is 2.68. The van der Waals surface area contributed by atoms with E-state index in [0.717, 1.165) is 0 Å². The second-order valence-electron chi connectivity index (χ2n) is 2.86. The van der Waals surface area contributed by atoms with Crippen molar-refractivity contribution in [2.45, 2.75) is 13.0 Å². The van der Waals surface area contributed by atoms with Crippen molar-refractivity contribution in [3.8, 4) is 0 Å². The van der Waals surface area contributed by atoms with Gasteiger partial charge in [-0.05, 0) is 6.92 Å². The summed E-state index contributed by atoms with van der Waals surface area (Å²) in [6, 6.07) is 0.00389. The molecule has 0 fully saturated rings. The summed E-state index contributed by atoms with van der Waals surface area (Å²) in [5, 5.41) is 9.63. The highest BCUT2D eigenvalue weighted by Gasteiger charge is 2.17. The zero-order valence-corrected chi connectivity index (χ0v) is 7.69. The van der Waals surface area contributed by atoms with Crippen LogP contribution in [-0.2, 0) is 0 Å². The first-order valence-corrected chi connectivity index (χ1v) is 3.99. The number of aromatic nitrogens is 3. The van der Waals surface area contributed by atoms with Crippen LogP contribution in [0, 0.1) is 0 Å². The van der Waals surface area contributed by atoms with Crippen LogP contribution in [0.15, 0.2) is 6.20 Å². The van der Waals surface area contributed by atoms with Crippen molar-refractivity contribution in [3.05, 3.63) is 11.9 Å². The molecule has 0 saturated carbocycles. The predicted molar refractivity (Wildman–Crippen MR) is 47.0 cm³/mol. The Bertz CT molecular complexity index is 270. The number of likely N-dealkylation sites (N-methyl/N-ethyl adjacent to an activating group) is 1. The van der Waals surface area contributed by atoms with Gasteiger partial charge in [0.1, 0.15) is 0 Å². The molecule has 6 nitrogen and oxygen atoms in total. The Morgan fingerprint density at radius 1 is 1.85 bits per heavy atom. The largest absolute Gasteiger partial charge is 0.336 e. The molecule has 1 heterocycles. The molecule has 1 aromatic rings. The van der Waals surface area contributed by atoms with Gasteiger partial charge in [0.2, 0.25) is 0 Å². The van der Waals surface area contributed by atoms with Gasteiger partial charge in [-0.1, -0.05) is 0 Å². The summed E-state index contributed by atoms with van der Waals surface area (Å²) in [4.78, 5) is 13.1. The summed E-state index contributed by atoms with van der Waals surface area (Å²) in [7, 11) is 1.69. The number of carbonyl (C=O) groups is 1. The lowest BCUT2D eigenvalue weighted by molar-refractivity contribution is 0.0742. The standard InChI is InChI=1S/C7H13N5O/c1-5(3-8)12(2)7(13)6-4-9-11-10-6/h4-5H,3,8H2,1-2H3,(H,9,10,11). The summed E-state index contributed by atoms with van der Waals surface area (Å²) < 4.78 is 0. The highest BCUT2D eigenvalue weighted by molar-refractivity contribution is 5.91. The number of hydrogen-bond acceptors (Lipinski definition) is 4. The Kier molecular flexibility index (Phi) is 2.97. The minimum atomic E-state index is -0.174. The number of hydrogen-bond donors (Lipinski definition) is 2. The van der Waals surface area contributed by atoms with Gasteiger partial charge in [0.05, 0.1) is 6.20 Å². The fraction of sp³-hybridized carbons (Fsp3) is 0.571. The summed E-state index contributed by atoms with van der Waals surface area (Å²) in [6.45, 7) is 2.30. The van der Waals surface area contributed by atoms with Gasteiger partial charge >= 0.3 is 0 Å². The van der Waals surface area contributed by atoms with E-state index in [2.05, 4.69) is 15.4 Å². The van der Waals surface area contributed by atoms with Crippen LogP contribution in [0.1, 0.15) is 17.4 Å². The first kappa shape index (κ1) is 9.66. The van der Waals surface area contributed by atoms with E-state index in [1.54, 1.807) is 7.05 Å². The van der Waals surface area contributed by atoms with Crippen LogP contribution >= 0.6 is 0 Å². The highest BCUT2D eigenvalue weighted by Crippen LogP contribution is 2.00. The van der Waals surface area contributed by atoms with Crippen molar-refractivity contribution in [1.29, 1.82) is 0 Å². The van der Waals surface area contributed by atoms with Crippen LogP contribution < -0.4 is 5.73 Å². The molecule has 0 radical (unpaired) electrons. The minimum Gasteiger partial charge on any atom is -0.336 e. The van der Waals surface area contributed by atoms with E-state index < -0.39 is 0 Å². The van der Waals surface area contributed by atoms with Gasteiger partial charge in [0.15, 0.2) is 5.69 Å². The number of rotatable bonds is 3. The number of nitrogens with zero attached hydrogens (tertiary/aromatic N) is 3. The van der Waals surface area contributed by atoms with E-state index in [1.807, 2.05) is 6.92 Å². The zero-order valence-electron chi connectivity index (χ0n) is 7.69. The van der Waals surface area contributed by atoms with E-state index in [1.165, 1.54) is 11.1 Å². The molecule has 1 amide bonds. The SMILES string of the molecule is CC(CN)N(C)C(=O)c1cn[nH]n1. The lowest BCUT2D eigenvalue weighted by Crippen LogP contribution is -2.39.